The second kappa shape index (κ2) is 24.6. The van der Waals surface area contributed by atoms with E-state index in [-0.39, 0.29) is 0 Å². The SMILES string of the molecule is CC1=C(CCCCCCCCCCCCOC(=O)O)CC(CCCCCCCCCCCCOC(=O)O)=C(C)N1. The zero-order valence-electron chi connectivity index (χ0n) is 25.7. The number of nitrogens with one attached hydrogen (secondary N) is 1. The Balaban J connectivity index is 1.98. The fraction of sp³-hybridized carbons (Fsp3) is 0.818. The van der Waals surface area contributed by atoms with Crippen molar-refractivity contribution in [3.05, 3.63) is 22.5 Å². The highest BCUT2D eigenvalue weighted by Crippen LogP contribution is 2.30. The van der Waals surface area contributed by atoms with Gasteiger partial charge in [0.05, 0.1) is 13.2 Å². The van der Waals surface area contributed by atoms with Gasteiger partial charge in [-0.1, -0.05) is 103 Å². The van der Waals surface area contributed by atoms with Crippen LogP contribution in [0.2, 0.25) is 0 Å². The van der Waals surface area contributed by atoms with Crippen LogP contribution in [-0.2, 0) is 9.47 Å². The molecule has 1 rings (SSSR count). The molecule has 0 aromatic rings. The van der Waals surface area contributed by atoms with Gasteiger partial charge in [-0.2, -0.15) is 0 Å². The van der Waals surface area contributed by atoms with Crippen LogP contribution in [0, 0.1) is 0 Å². The summed E-state index contributed by atoms with van der Waals surface area (Å²) in [5, 5.41) is 20.6. The van der Waals surface area contributed by atoms with E-state index < -0.39 is 12.3 Å². The molecule has 7 nitrogen and oxygen atoms in total. The molecular formula is C33H59NO6. The van der Waals surface area contributed by atoms with Gasteiger partial charge in [0.2, 0.25) is 0 Å². The first-order valence-corrected chi connectivity index (χ1v) is 16.3. The van der Waals surface area contributed by atoms with Crippen LogP contribution >= 0.6 is 0 Å². The number of carbonyl (C=O) groups is 2. The van der Waals surface area contributed by atoms with E-state index in [9.17, 15) is 9.59 Å². The first-order chi connectivity index (χ1) is 19.4. The fourth-order valence-corrected chi connectivity index (χ4v) is 5.56. The molecule has 0 aliphatic carbocycles. The van der Waals surface area contributed by atoms with E-state index in [1.54, 1.807) is 11.1 Å². The van der Waals surface area contributed by atoms with Crippen LogP contribution in [0.15, 0.2) is 22.5 Å². The third kappa shape index (κ3) is 20.7. The molecule has 3 N–H and O–H groups in total. The molecule has 1 aliphatic heterocycles. The number of allylic oxidation sites excluding steroid dienone is 4. The first-order valence-electron chi connectivity index (χ1n) is 16.3. The van der Waals surface area contributed by atoms with Crippen LogP contribution in [0.3, 0.4) is 0 Å². The molecule has 0 aromatic carbocycles. The number of dihydropyridines is 1. The molecule has 7 heteroatoms. The normalized spacial score (nSPS) is 13.4. The van der Waals surface area contributed by atoms with Crippen LogP contribution in [-0.4, -0.2) is 35.7 Å². The van der Waals surface area contributed by atoms with Gasteiger partial charge in [-0.05, 0) is 69.9 Å². The third-order valence-corrected chi connectivity index (χ3v) is 8.06. The molecule has 232 valence electrons. The lowest BCUT2D eigenvalue weighted by Crippen LogP contribution is -2.18. The molecule has 0 amide bonds. The highest BCUT2D eigenvalue weighted by molar-refractivity contribution is 5.56. The van der Waals surface area contributed by atoms with Crippen molar-refractivity contribution in [2.75, 3.05) is 13.2 Å². The Bertz CT molecular complexity index is 685. The summed E-state index contributed by atoms with van der Waals surface area (Å²) in [5.74, 6) is 0. The lowest BCUT2D eigenvalue weighted by molar-refractivity contribution is 0.0887. The zero-order valence-corrected chi connectivity index (χ0v) is 25.7. The Labute approximate surface area is 244 Å². The number of carboxylic acid groups (broad SMARTS) is 2. The standard InChI is InChI=1S/C33H59NO6/c1-28-30(23-19-15-11-7-3-5-9-13-17-21-25-39-32(35)36)27-31(29(2)34-28)24-20-16-12-8-4-6-10-14-18-22-26-40-33(37)38/h34H,3-27H2,1-2H3,(H,35,36)(H,37,38). The van der Waals surface area contributed by atoms with Crippen molar-refractivity contribution >= 4 is 12.3 Å². The average molecular weight is 566 g/mol. The summed E-state index contributed by atoms with van der Waals surface area (Å²) in [4.78, 5) is 20.6. The third-order valence-electron chi connectivity index (χ3n) is 8.06. The summed E-state index contributed by atoms with van der Waals surface area (Å²) in [7, 11) is 0. The molecular weight excluding hydrogens is 506 g/mol. The van der Waals surface area contributed by atoms with Crippen LogP contribution in [0.25, 0.3) is 0 Å². The Morgan fingerprint density at radius 1 is 0.525 bits per heavy atom. The van der Waals surface area contributed by atoms with Gasteiger partial charge >= 0.3 is 12.3 Å². The zero-order chi connectivity index (χ0) is 29.3. The maximum atomic E-state index is 10.3. The summed E-state index contributed by atoms with van der Waals surface area (Å²) in [6, 6.07) is 0. The van der Waals surface area contributed by atoms with E-state index in [4.69, 9.17) is 10.2 Å². The van der Waals surface area contributed by atoms with E-state index in [0.29, 0.717) is 13.2 Å². The summed E-state index contributed by atoms with van der Waals surface area (Å²) < 4.78 is 9.07. The van der Waals surface area contributed by atoms with Crippen LogP contribution in [0.1, 0.15) is 162 Å². The second-order valence-electron chi connectivity index (χ2n) is 11.6. The maximum absolute atomic E-state index is 10.3. The van der Waals surface area contributed by atoms with E-state index >= 15 is 0 Å². The summed E-state index contributed by atoms with van der Waals surface area (Å²) in [6.07, 6.45) is 25.7. The largest absolute Gasteiger partial charge is 0.505 e. The van der Waals surface area contributed by atoms with Gasteiger partial charge in [0.15, 0.2) is 0 Å². The molecule has 40 heavy (non-hydrogen) atoms. The molecule has 0 fully saturated rings. The number of rotatable bonds is 26. The van der Waals surface area contributed by atoms with Gasteiger partial charge in [-0.25, -0.2) is 9.59 Å². The van der Waals surface area contributed by atoms with Gasteiger partial charge in [-0.3, -0.25) is 0 Å². The predicted octanol–water partition coefficient (Wildman–Crippen LogP) is 10.5. The van der Waals surface area contributed by atoms with Crippen molar-refractivity contribution in [1.29, 1.82) is 0 Å². The Morgan fingerprint density at radius 3 is 1.10 bits per heavy atom. The van der Waals surface area contributed by atoms with Crippen molar-refractivity contribution in [2.24, 2.45) is 0 Å². The van der Waals surface area contributed by atoms with E-state index in [2.05, 4.69) is 28.6 Å². The highest BCUT2D eigenvalue weighted by atomic mass is 16.7. The van der Waals surface area contributed by atoms with E-state index in [0.717, 1.165) is 25.7 Å². The number of ether oxygens (including phenoxy) is 2. The number of hydrogen-bond donors (Lipinski definition) is 3. The summed E-state index contributed by atoms with van der Waals surface area (Å²) >= 11 is 0. The van der Waals surface area contributed by atoms with E-state index in [1.165, 1.54) is 133 Å². The van der Waals surface area contributed by atoms with Gasteiger partial charge < -0.3 is 25.0 Å². The predicted molar refractivity (Wildman–Crippen MR) is 163 cm³/mol. The molecule has 0 saturated carbocycles. The quantitative estimate of drug-likeness (QED) is 0.0707. The molecule has 0 bridgehead atoms. The highest BCUT2D eigenvalue weighted by Gasteiger charge is 2.15. The van der Waals surface area contributed by atoms with Gasteiger partial charge in [0.1, 0.15) is 0 Å². The smallest absolute Gasteiger partial charge is 0.450 e. The van der Waals surface area contributed by atoms with Crippen molar-refractivity contribution in [1.82, 2.24) is 5.32 Å². The lowest BCUT2D eigenvalue weighted by atomic mass is 9.90. The maximum Gasteiger partial charge on any atom is 0.505 e. The van der Waals surface area contributed by atoms with Crippen LogP contribution in [0.5, 0.6) is 0 Å². The monoisotopic (exact) mass is 565 g/mol. The molecule has 0 unspecified atom stereocenters. The molecule has 0 atom stereocenters. The minimum Gasteiger partial charge on any atom is -0.450 e. The summed E-state index contributed by atoms with van der Waals surface area (Å²) in [5.41, 5.74) is 5.98. The van der Waals surface area contributed by atoms with Crippen LogP contribution in [0.4, 0.5) is 9.59 Å². The molecule has 0 spiro atoms. The van der Waals surface area contributed by atoms with Gasteiger partial charge in [-0.15, -0.1) is 0 Å². The van der Waals surface area contributed by atoms with Crippen molar-refractivity contribution in [3.8, 4) is 0 Å². The molecule has 0 saturated heterocycles. The van der Waals surface area contributed by atoms with Crippen molar-refractivity contribution in [2.45, 2.75) is 162 Å². The topological polar surface area (TPSA) is 105 Å². The Kier molecular flexibility index (Phi) is 22.0. The average Bonchev–Trinajstić information content (AvgIpc) is 2.91. The minimum atomic E-state index is -1.17. The molecule has 0 radical (unpaired) electrons. The van der Waals surface area contributed by atoms with Crippen molar-refractivity contribution in [3.63, 3.8) is 0 Å². The first kappa shape index (κ1) is 35.8. The fourth-order valence-electron chi connectivity index (χ4n) is 5.56. The van der Waals surface area contributed by atoms with Crippen molar-refractivity contribution < 1.29 is 29.3 Å². The molecule has 1 aliphatic rings. The minimum absolute atomic E-state index is 0.331. The second-order valence-corrected chi connectivity index (χ2v) is 11.6. The molecule has 0 aromatic heterocycles. The Morgan fingerprint density at radius 2 is 0.800 bits per heavy atom. The Hall–Kier alpha value is -2.18. The number of unbranched alkanes of at least 4 members (excludes halogenated alkanes) is 18. The van der Waals surface area contributed by atoms with Gasteiger partial charge in [0.25, 0.3) is 0 Å². The van der Waals surface area contributed by atoms with Gasteiger partial charge in [0, 0.05) is 11.4 Å². The molecule has 1 heterocycles. The van der Waals surface area contributed by atoms with E-state index in [1.807, 2.05) is 0 Å². The number of hydrogen-bond acceptors (Lipinski definition) is 5. The summed E-state index contributed by atoms with van der Waals surface area (Å²) in [6.45, 7) is 5.15. The lowest BCUT2D eigenvalue weighted by Gasteiger charge is -2.25. The van der Waals surface area contributed by atoms with Crippen LogP contribution < -0.4 is 5.32 Å².